The Hall–Kier alpha value is -0.770. The van der Waals surface area contributed by atoms with E-state index in [9.17, 15) is 20.1 Å². The molecule has 0 aromatic carbocycles. The SMILES string of the molecule is CC(O)CC(=O)OC[C@H](O)[C@H](O)[C@@H](O)[C@@H](O)CO. The molecule has 0 saturated carbocycles. The molecule has 0 aliphatic heterocycles. The summed E-state index contributed by atoms with van der Waals surface area (Å²) < 4.78 is 4.54. The van der Waals surface area contributed by atoms with Crippen LogP contribution in [0.3, 0.4) is 0 Å². The summed E-state index contributed by atoms with van der Waals surface area (Å²) in [6, 6.07) is 0. The van der Waals surface area contributed by atoms with Crippen LogP contribution in [0.1, 0.15) is 13.3 Å². The first-order chi connectivity index (χ1) is 8.29. The summed E-state index contributed by atoms with van der Waals surface area (Å²) in [6.07, 6.45) is -7.90. The summed E-state index contributed by atoms with van der Waals surface area (Å²) in [5.74, 6) is -0.770. The fourth-order valence-electron chi connectivity index (χ4n) is 1.14. The summed E-state index contributed by atoms with van der Waals surface area (Å²) in [4.78, 5) is 11.0. The van der Waals surface area contributed by atoms with Gasteiger partial charge in [0.1, 0.15) is 31.0 Å². The maximum absolute atomic E-state index is 11.0. The van der Waals surface area contributed by atoms with E-state index in [4.69, 9.17) is 15.3 Å². The maximum Gasteiger partial charge on any atom is 0.308 e. The molecular weight excluding hydrogens is 248 g/mol. The fourth-order valence-corrected chi connectivity index (χ4v) is 1.14. The van der Waals surface area contributed by atoms with Gasteiger partial charge in [0.05, 0.1) is 19.1 Å². The molecule has 0 radical (unpaired) electrons. The fraction of sp³-hybridized carbons (Fsp3) is 0.900. The number of carbonyl (C=O) groups is 1. The molecule has 1 unspecified atom stereocenters. The first-order valence-electron chi connectivity index (χ1n) is 5.46. The average molecular weight is 268 g/mol. The van der Waals surface area contributed by atoms with Crippen molar-refractivity contribution in [3.8, 4) is 0 Å². The van der Waals surface area contributed by atoms with E-state index in [1.165, 1.54) is 6.92 Å². The monoisotopic (exact) mass is 268 g/mol. The molecule has 5 atom stereocenters. The standard InChI is InChI=1S/C10H20O8/c1-5(12)2-8(15)18-4-7(14)10(17)9(16)6(13)3-11/h5-7,9-14,16-17H,2-4H2,1H3/t5?,6-,7-,9-,10-/m0/s1. The normalized spacial score (nSPS) is 19.7. The molecule has 108 valence electrons. The predicted octanol–water partition coefficient (Wildman–Crippen LogP) is -3.26. The number of esters is 1. The Bertz CT molecular complexity index is 244. The van der Waals surface area contributed by atoms with E-state index in [1.54, 1.807) is 0 Å². The molecule has 0 aliphatic carbocycles. The number of hydrogen-bond donors (Lipinski definition) is 6. The van der Waals surface area contributed by atoms with E-state index in [2.05, 4.69) is 4.74 Å². The van der Waals surface area contributed by atoms with Crippen LogP contribution in [-0.4, -0.2) is 80.3 Å². The molecule has 0 amide bonds. The molecule has 0 bridgehead atoms. The van der Waals surface area contributed by atoms with Gasteiger partial charge in [0.25, 0.3) is 0 Å². The van der Waals surface area contributed by atoms with Gasteiger partial charge in [-0.15, -0.1) is 0 Å². The van der Waals surface area contributed by atoms with Gasteiger partial charge in [-0.3, -0.25) is 4.79 Å². The molecule has 0 aromatic heterocycles. The molecule has 0 saturated heterocycles. The van der Waals surface area contributed by atoms with Crippen LogP contribution in [0.15, 0.2) is 0 Å². The summed E-state index contributed by atoms with van der Waals surface area (Å²) in [5, 5.41) is 54.5. The molecule has 0 fully saturated rings. The Morgan fingerprint density at radius 3 is 2.00 bits per heavy atom. The number of aliphatic hydroxyl groups is 6. The highest BCUT2D eigenvalue weighted by molar-refractivity contribution is 5.69. The van der Waals surface area contributed by atoms with E-state index in [0.29, 0.717) is 0 Å². The molecule has 6 N–H and O–H groups in total. The lowest BCUT2D eigenvalue weighted by Crippen LogP contribution is -2.47. The van der Waals surface area contributed by atoms with Crippen LogP contribution in [0, 0.1) is 0 Å². The zero-order valence-corrected chi connectivity index (χ0v) is 10.0. The van der Waals surface area contributed by atoms with Crippen molar-refractivity contribution in [2.75, 3.05) is 13.2 Å². The lowest BCUT2D eigenvalue weighted by Gasteiger charge is -2.25. The van der Waals surface area contributed by atoms with E-state index < -0.39 is 49.7 Å². The van der Waals surface area contributed by atoms with Crippen molar-refractivity contribution in [3.05, 3.63) is 0 Å². The quantitative estimate of drug-likeness (QED) is 0.251. The van der Waals surface area contributed by atoms with Crippen LogP contribution in [0.5, 0.6) is 0 Å². The molecule has 0 aromatic rings. The van der Waals surface area contributed by atoms with Gasteiger partial charge >= 0.3 is 5.97 Å². The Morgan fingerprint density at radius 2 is 1.56 bits per heavy atom. The zero-order chi connectivity index (χ0) is 14.3. The first kappa shape index (κ1) is 17.2. The van der Waals surface area contributed by atoms with Crippen molar-refractivity contribution < 1.29 is 40.2 Å². The third kappa shape index (κ3) is 6.24. The zero-order valence-electron chi connectivity index (χ0n) is 10.0. The third-order valence-corrected chi connectivity index (χ3v) is 2.20. The number of ether oxygens (including phenoxy) is 1. The van der Waals surface area contributed by atoms with Crippen molar-refractivity contribution in [2.45, 2.75) is 43.9 Å². The summed E-state index contributed by atoms with van der Waals surface area (Å²) in [5.41, 5.74) is 0. The largest absolute Gasteiger partial charge is 0.463 e. The van der Waals surface area contributed by atoms with Crippen molar-refractivity contribution in [3.63, 3.8) is 0 Å². The van der Waals surface area contributed by atoms with Crippen LogP contribution >= 0.6 is 0 Å². The van der Waals surface area contributed by atoms with Crippen LogP contribution in [0.4, 0.5) is 0 Å². The Labute approximate surface area is 104 Å². The van der Waals surface area contributed by atoms with Gasteiger partial charge in [-0.25, -0.2) is 0 Å². The highest BCUT2D eigenvalue weighted by atomic mass is 16.5. The van der Waals surface area contributed by atoms with Gasteiger partial charge in [-0.1, -0.05) is 0 Å². The third-order valence-electron chi connectivity index (χ3n) is 2.20. The molecule has 18 heavy (non-hydrogen) atoms. The van der Waals surface area contributed by atoms with Crippen molar-refractivity contribution in [2.24, 2.45) is 0 Å². The minimum Gasteiger partial charge on any atom is -0.463 e. The highest BCUT2D eigenvalue weighted by Crippen LogP contribution is 2.06. The van der Waals surface area contributed by atoms with E-state index >= 15 is 0 Å². The van der Waals surface area contributed by atoms with Gasteiger partial charge in [-0.2, -0.15) is 0 Å². The first-order valence-corrected chi connectivity index (χ1v) is 5.46. The second kappa shape index (κ2) is 8.35. The lowest BCUT2D eigenvalue weighted by atomic mass is 10.0. The molecule has 0 rings (SSSR count). The molecule has 0 spiro atoms. The van der Waals surface area contributed by atoms with Gasteiger partial charge < -0.3 is 35.4 Å². The van der Waals surface area contributed by atoms with Gasteiger partial charge in [0.15, 0.2) is 0 Å². The topological polar surface area (TPSA) is 148 Å². The Balaban J connectivity index is 4.08. The van der Waals surface area contributed by atoms with Gasteiger partial charge in [0, 0.05) is 0 Å². The Morgan fingerprint density at radius 1 is 1.06 bits per heavy atom. The van der Waals surface area contributed by atoms with Gasteiger partial charge in [-0.05, 0) is 6.92 Å². The lowest BCUT2D eigenvalue weighted by molar-refractivity contribution is -0.157. The minimum atomic E-state index is -1.77. The number of hydrogen-bond acceptors (Lipinski definition) is 8. The Kier molecular flexibility index (Phi) is 8.00. The highest BCUT2D eigenvalue weighted by Gasteiger charge is 2.30. The maximum atomic E-state index is 11.0. The minimum absolute atomic E-state index is 0.259. The van der Waals surface area contributed by atoms with Crippen LogP contribution in [0.25, 0.3) is 0 Å². The number of aliphatic hydroxyl groups excluding tert-OH is 6. The van der Waals surface area contributed by atoms with Crippen molar-refractivity contribution in [1.82, 2.24) is 0 Å². The van der Waals surface area contributed by atoms with Crippen molar-refractivity contribution in [1.29, 1.82) is 0 Å². The number of carbonyl (C=O) groups excluding carboxylic acids is 1. The smallest absolute Gasteiger partial charge is 0.308 e. The van der Waals surface area contributed by atoms with E-state index in [0.717, 1.165) is 0 Å². The van der Waals surface area contributed by atoms with E-state index in [-0.39, 0.29) is 6.42 Å². The summed E-state index contributed by atoms with van der Waals surface area (Å²) >= 11 is 0. The number of rotatable bonds is 8. The summed E-state index contributed by atoms with van der Waals surface area (Å²) in [7, 11) is 0. The van der Waals surface area contributed by atoms with Crippen LogP contribution in [-0.2, 0) is 9.53 Å². The average Bonchev–Trinajstić information content (AvgIpc) is 2.32. The second-order valence-electron chi connectivity index (χ2n) is 4.03. The van der Waals surface area contributed by atoms with Crippen LogP contribution < -0.4 is 0 Å². The summed E-state index contributed by atoms with van der Waals surface area (Å²) in [6.45, 7) is 0.00257. The van der Waals surface area contributed by atoms with E-state index in [1.807, 2.05) is 0 Å². The molecular formula is C10H20O8. The molecule has 8 heteroatoms. The predicted molar refractivity (Wildman–Crippen MR) is 58.4 cm³/mol. The van der Waals surface area contributed by atoms with Crippen LogP contribution in [0.2, 0.25) is 0 Å². The second-order valence-corrected chi connectivity index (χ2v) is 4.03. The van der Waals surface area contributed by atoms with Gasteiger partial charge in [0.2, 0.25) is 0 Å². The van der Waals surface area contributed by atoms with Crippen molar-refractivity contribution >= 4 is 5.97 Å². The molecule has 0 aliphatic rings. The molecule has 0 heterocycles. The molecule has 8 nitrogen and oxygen atoms in total.